The van der Waals surface area contributed by atoms with Gasteiger partial charge in [-0.05, 0) is 48.1 Å². The van der Waals surface area contributed by atoms with Crippen LogP contribution in [0.2, 0.25) is 0 Å². The molecule has 1 aliphatic carbocycles. The Labute approximate surface area is 246 Å². The first-order valence-corrected chi connectivity index (χ1v) is 13.3. The third-order valence-electron chi connectivity index (χ3n) is 7.47. The highest BCUT2D eigenvalue weighted by Crippen LogP contribution is 2.53. The van der Waals surface area contributed by atoms with Gasteiger partial charge in [-0.3, -0.25) is 9.99 Å². The van der Waals surface area contributed by atoms with Crippen LogP contribution in [0, 0.1) is 45.2 Å². The summed E-state index contributed by atoms with van der Waals surface area (Å²) in [4.78, 5) is 4.31. The molecule has 1 saturated carbocycles. The number of halogens is 4. The van der Waals surface area contributed by atoms with Gasteiger partial charge in [0.25, 0.3) is 0 Å². The molecule has 1 aromatic heterocycles. The SMILES string of the molecule is [2H]C(Nc1cc(C#N)c2ncc(C#N)c(NCC(C)(C)CC#N)c2c1)(C1=CN(C2(C(F)(F)F)CC2)NN1)c1ccc(F)cc1. The number of nitrogens with one attached hydrogen (secondary N) is 4. The summed E-state index contributed by atoms with van der Waals surface area (Å²) in [5.41, 5.74) is 3.93. The predicted molar refractivity (Wildman–Crippen MR) is 151 cm³/mol. The lowest BCUT2D eigenvalue weighted by atomic mass is 9.90. The molecule has 2 aliphatic rings. The van der Waals surface area contributed by atoms with E-state index < -0.39 is 29.0 Å². The smallest absolute Gasteiger partial charge is 0.383 e. The average molecular weight is 591 g/mol. The van der Waals surface area contributed by atoms with Crippen LogP contribution in [0.3, 0.4) is 0 Å². The maximum Gasteiger partial charge on any atom is 0.413 e. The van der Waals surface area contributed by atoms with E-state index in [-0.39, 0.29) is 52.9 Å². The summed E-state index contributed by atoms with van der Waals surface area (Å²) in [6.07, 6.45) is -2.05. The average Bonchev–Trinajstić information content (AvgIpc) is 3.65. The van der Waals surface area contributed by atoms with Gasteiger partial charge in [-0.1, -0.05) is 26.0 Å². The monoisotopic (exact) mass is 590 g/mol. The quantitative estimate of drug-likeness (QED) is 0.225. The van der Waals surface area contributed by atoms with Crippen molar-refractivity contribution in [3.8, 4) is 18.2 Å². The Balaban J connectivity index is 1.62. The molecule has 1 atom stereocenters. The fraction of sp³-hybridized carbons (Fsp3) is 0.333. The van der Waals surface area contributed by atoms with E-state index in [2.05, 4.69) is 44.8 Å². The van der Waals surface area contributed by atoms with Crippen molar-refractivity contribution >= 4 is 22.3 Å². The first-order chi connectivity index (χ1) is 20.8. The Hall–Kier alpha value is -5.06. The molecule has 43 heavy (non-hydrogen) atoms. The van der Waals surface area contributed by atoms with Crippen molar-refractivity contribution in [2.75, 3.05) is 17.2 Å². The fourth-order valence-electron chi connectivity index (χ4n) is 4.85. The summed E-state index contributed by atoms with van der Waals surface area (Å²) in [5.74, 6) is -0.569. The molecule has 0 spiro atoms. The van der Waals surface area contributed by atoms with Gasteiger partial charge in [0, 0.05) is 36.4 Å². The summed E-state index contributed by atoms with van der Waals surface area (Å²) in [7, 11) is 0. The van der Waals surface area contributed by atoms with Gasteiger partial charge in [0.2, 0.25) is 0 Å². The van der Waals surface area contributed by atoms with Crippen molar-refractivity contribution in [2.24, 2.45) is 5.41 Å². The third kappa shape index (κ3) is 5.70. The van der Waals surface area contributed by atoms with Gasteiger partial charge < -0.3 is 16.1 Å². The fourth-order valence-corrected chi connectivity index (χ4v) is 4.85. The van der Waals surface area contributed by atoms with Crippen LogP contribution >= 0.6 is 0 Å². The Morgan fingerprint density at radius 1 is 1.12 bits per heavy atom. The molecule has 0 amide bonds. The molecular weight excluding hydrogens is 562 g/mol. The van der Waals surface area contributed by atoms with E-state index >= 15 is 0 Å². The maximum absolute atomic E-state index is 13.9. The van der Waals surface area contributed by atoms with Crippen LogP contribution in [-0.2, 0) is 0 Å². The van der Waals surface area contributed by atoms with E-state index in [1.54, 1.807) is 6.07 Å². The minimum atomic E-state index is -4.53. The minimum absolute atomic E-state index is 0.0151. The van der Waals surface area contributed by atoms with Gasteiger partial charge >= 0.3 is 6.18 Å². The summed E-state index contributed by atoms with van der Waals surface area (Å²) in [6, 6.07) is 12.3. The van der Waals surface area contributed by atoms with E-state index in [4.69, 9.17) is 0 Å². The van der Waals surface area contributed by atoms with Crippen LogP contribution in [0.25, 0.3) is 10.9 Å². The second-order valence-corrected chi connectivity index (χ2v) is 11.2. The van der Waals surface area contributed by atoms with Gasteiger partial charge in [-0.2, -0.15) is 29.0 Å². The van der Waals surface area contributed by atoms with Gasteiger partial charge in [0.1, 0.15) is 18.0 Å². The number of rotatable bonds is 9. The Bertz CT molecular complexity index is 1760. The van der Waals surface area contributed by atoms with Gasteiger partial charge in [0.15, 0.2) is 5.54 Å². The van der Waals surface area contributed by atoms with E-state index in [1.165, 1.54) is 24.4 Å². The van der Waals surface area contributed by atoms with Crippen LogP contribution < -0.4 is 21.6 Å². The highest BCUT2D eigenvalue weighted by Gasteiger charge is 2.67. The van der Waals surface area contributed by atoms with Crippen molar-refractivity contribution in [3.05, 3.63) is 77.0 Å². The number of nitriles is 3. The number of hydrogen-bond acceptors (Lipinski definition) is 9. The van der Waals surface area contributed by atoms with Crippen molar-refractivity contribution in [2.45, 2.75) is 50.8 Å². The zero-order valence-corrected chi connectivity index (χ0v) is 23.2. The van der Waals surface area contributed by atoms with E-state index in [0.717, 1.165) is 23.3 Å². The molecule has 0 bridgehead atoms. The molecule has 1 aliphatic heterocycles. The van der Waals surface area contributed by atoms with Crippen molar-refractivity contribution in [1.29, 1.82) is 15.8 Å². The van der Waals surface area contributed by atoms with Crippen LogP contribution in [0.5, 0.6) is 0 Å². The van der Waals surface area contributed by atoms with Crippen LogP contribution in [0.4, 0.5) is 28.9 Å². The predicted octanol–water partition coefficient (Wildman–Crippen LogP) is 5.88. The molecule has 13 heteroatoms. The number of benzene rings is 2. The Morgan fingerprint density at radius 2 is 1.81 bits per heavy atom. The van der Waals surface area contributed by atoms with Crippen LogP contribution in [-0.4, -0.2) is 28.3 Å². The topological polar surface area (TPSA) is 136 Å². The molecule has 220 valence electrons. The second kappa shape index (κ2) is 11.0. The molecule has 4 N–H and O–H groups in total. The molecule has 0 saturated heterocycles. The van der Waals surface area contributed by atoms with Crippen LogP contribution in [0.1, 0.15) is 57.2 Å². The number of alkyl halides is 3. The molecule has 1 unspecified atom stereocenters. The Kier molecular flexibility index (Phi) is 7.17. The summed E-state index contributed by atoms with van der Waals surface area (Å²) >= 11 is 0. The molecule has 5 rings (SSSR count). The first-order valence-electron chi connectivity index (χ1n) is 13.8. The van der Waals surface area contributed by atoms with Crippen molar-refractivity contribution in [3.63, 3.8) is 0 Å². The lowest BCUT2D eigenvalue weighted by molar-refractivity contribution is -0.195. The number of nitrogens with zero attached hydrogens (tertiary/aromatic N) is 5. The maximum atomic E-state index is 13.9. The summed E-state index contributed by atoms with van der Waals surface area (Å²) < 4.78 is 65.0. The lowest BCUT2D eigenvalue weighted by Gasteiger charge is -2.28. The largest absolute Gasteiger partial charge is 0.413 e. The zero-order chi connectivity index (χ0) is 31.9. The molecule has 1 fully saturated rings. The second-order valence-electron chi connectivity index (χ2n) is 11.2. The molecule has 2 heterocycles. The Morgan fingerprint density at radius 3 is 2.42 bits per heavy atom. The molecule has 9 nitrogen and oxygen atoms in total. The van der Waals surface area contributed by atoms with Crippen LogP contribution in [0.15, 0.2) is 54.5 Å². The number of pyridine rings is 1. The lowest BCUT2D eigenvalue weighted by Crippen LogP contribution is -2.52. The van der Waals surface area contributed by atoms with Crippen molar-refractivity contribution < 1.29 is 18.9 Å². The number of fused-ring (bicyclic) bond motifs is 1. The summed E-state index contributed by atoms with van der Waals surface area (Å²) in [6.45, 7) is 4.08. The highest BCUT2D eigenvalue weighted by molar-refractivity contribution is 5.99. The van der Waals surface area contributed by atoms with E-state index in [9.17, 15) is 34.7 Å². The standard InChI is InChI=1S/C30H27F4N9/c1-28(2,9-10-35)17-39-26-20(14-37)15-38-25-19(13-36)11-22(12-23(25)26)40-27(18-3-5-21(31)6-4-18)24-16-43(42-41-24)29(7-8-29)30(32,33)34/h3-6,11-12,15-16,27,40-42H,7-9,17H2,1-2H3,(H,38,39)/i27D. The molecular formula is C30H27F4N9. The van der Waals surface area contributed by atoms with Gasteiger partial charge in [0.05, 0.1) is 41.5 Å². The highest BCUT2D eigenvalue weighted by atomic mass is 19.4. The number of anilines is 2. The first kappa shape index (κ1) is 28.1. The minimum Gasteiger partial charge on any atom is -0.383 e. The third-order valence-corrected chi connectivity index (χ3v) is 7.47. The molecule has 2 aromatic carbocycles. The van der Waals surface area contributed by atoms with Gasteiger partial charge in [-0.15, -0.1) is 5.53 Å². The normalized spacial score (nSPS) is 17.4. The van der Waals surface area contributed by atoms with E-state index in [0.29, 0.717) is 17.6 Å². The number of aromatic nitrogens is 1. The number of hydrogen-bond donors (Lipinski definition) is 4. The van der Waals surface area contributed by atoms with Crippen molar-refractivity contribution in [1.82, 2.24) is 21.0 Å². The summed E-state index contributed by atoms with van der Waals surface area (Å²) in [5, 5.41) is 36.5. The van der Waals surface area contributed by atoms with Gasteiger partial charge in [-0.25, -0.2) is 4.39 Å². The zero-order valence-electron chi connectivity index (χ0n) is 24.2. The molecule has 3 aromatic rings. The molecule has 0 radical (unpaired) electrons. The number of hydrazine groups is 2. The van der Waals surface area contributed by atoms with E-state index in [1.807, 2.05) is 13.8 Å².